The van der Waals surface area contributed by atoms with E-state index in [2.05, 4.69) is 19.6 Å². The molecule has 4 rings (SSSR count). The molecule has 0 bridgehead atoms. The zero-order chi connectivity index (χ0) is 18.6. The molecule has 140 valence electrons. The molecule has 1 fully saturated rings. The van der Waals surface area contributed by atoms with Gasteiger partial charge in [-0.25, -0.2) is 4.98 Å². The Hall–Kier alpha value is -2.96. The molecule has 0 aromatic carbocycles. The van der Waals surface area contributed by atoms with Crippen LogP contribution in [0.1, 0.15) is 47.6 Å². The van der Waals surface area contributed by atoms with Gasteiger partial charge in [0.15, 0.2) is 0 Å². The Balaban J connectivity index is 1.49. The first-order valence-electron chi connectivity index (χ1n) is 9.47. The number of aryl methyl sites for hydroxylation is 1. The number of carbonyl (C=O) groups excluding carboxylic acids is 1. The largest absolute Gasteiger partial charge is 0.338 e. The first-order chi connectivity index (χ1) is 13.2. The highest BCUT2D eigenvalue weighted by atomic mass is 16.2. The molecule has 3 aromatic rings. The van der Waals surface area contributed by atoms with Gasteiger partial charge in [-0.1, -0.05) is 6.07 Å². The lowest BCUT2D eigenvalue weighted by Gasteiger charge is -2.32. The van der Waals surface area contributed by atoms with Crippen molar-refractivity contribution in [3.8, 4) is 0 Å². The molecule has 7 heteroatoms. The van der Waals surface area contributed by atoms with Crippen molar-refractivity contribution < 1.29 is 4.79 Å². The first kappa shape index (κ1) is 17.5. The minimum absolute atomic E-state index is 0.0576. The number of hydrogen-bond donors (Lipinski definition) is 0. The van der Waals surface area contributed by atoms with Crippen LogP contribution in [-0.4, -0.2) is 48.2 Å². The predicted octanol–water partition coefficient (Wildman–Crippen LogP) is 2.56. The van der Waals surface area contributed by atoms with Crippen LogP contribution < -0.4 is 0 Å². The van der Waals surface area contributed by atoms with E-state index in [0.29, 0.717) is 18.7 Å². The maximum absolute atomic E-state index is 12.9. The first-order valence-corrected chi connectivity index (χ1v) is 9.47. The molecule has 3 aromatic heterocycles. The zero-order valence-corrected chi connectivity index (χ0v) is 15.5. The Labute approximate surface area is 158 Å². The summed E-state index contributed by atoms with van der Waals surface area (Å²) >= 11 is 0. The van der Waals surface area contributed by atoms with E-state index in [-0.39, 0.29) is 11.8 Å². The van der Waals surface area contributed by atoms with E-state index in [1.165, 1.54) is 0 Å². The molecule has 0 aliphatic carbocycles. The summed E-state index contributed by atoms with van der Waals surface area (Å²) in [5.74, 6) is 1.33. The van der Waals surface area contributed by atoms with Crippen molar-refractivity contribution in [3.63, 3.8) is 0 Å². The number of imidazole rings is 1. The Morgan fingerprint density at radius 1 is 1.26 bits per heavy atom. The van der Waals surface area contributed by atoms with E-state index >= 15 is 0 Å². The third-order valence-electron chi connectivity index (χ3n) is 5.08. The van der Waals surface area contributed by atoms with Gasteiger partial charge in [0.05, 0.1) is 24.0 Å². The molecule has 1 aliphatic rings. The van der Waals surface area contributed by atoms with Gasteiger partial charge >= 0.3 is 0 Å². The molecule has 1 saturated heterocycles. The molecule has 1 amide bonds. The van der Waals surface area contributed by atoms with Crippen molar-refractivity contribution in [2.75, 3.05) is 13.1 Å². The van der Waals surface area contributed by atoms with Gasteiger partial charge in [0.25, 0.3) is 5.91 Å². The van der Waals surface area contributed by atoms with E-state index in [1.807, 2.05) is 54.8 Å². The van der Waals surface area contributed by atoms with Gasteiger partial charge in [0.1, 0.15) is 5.82 Å². The maximum Gasteiger partial charge on any atom is 0.257 e. The lowest BCUT2D eigenvalue weighted by molar-refractivity contribution is 0.0703. The molecule has 0 N–H and O–H groups in total. The number of likely N-dealkylation sites (tertiary alicyclic amines) is 1. The Morgan fingerprint density at radius 3 is 2.96 bits per heavy atom. The van der Waals surface area contributed by atoms with Crippen LogP contribution in [0.3, 0.4) is 0 Å². The van der Waals surface area contributed by atoms with Crippen molar-refractivity contribution in [1.29, 1.82) is 0 Å². The minimum Gasteiger partial charge on any atom is -0.338 e. The molecule has 4 heterocycles. The van der Waals surface area contributed by atoms with Crippen LogP contribution in [0.25, 0.3) is 0 Å². The number of piperidine rings is 1. The highest BCUT2D eigenvalue weighted by molar-refractivity contribution is 5.93. The second-order valence-electron chi connectivity index (χ2n) is 6.91. The number of aromatic nitrogens is 5. The van der Waals surface area contributed by atoms with Crippen LogP contribution in [-0.2, 0) is 13.1 Å². The van der Waals surface area contributed by atoms with E-state index in [4.69, 9.17) is 0 Å². The van der Waals surface area contributed by atoms with Gasteiger partial charge in [0, 0.05) is 50.3 Å². The van der Waals surface area contributed by atoms with Gasteiger partial charge in [-0.05, 0) is 31.9 Å². The Bertz CT molecular complexity index is 900. The molecular weight excluding hydrogens is 340 g/mol. The molecule has 1 unspecified atom stereocenters. The molecular formula is C20H24N6O. The minimum atomic E-state index is 0.0576. The maximum atomic E-state index is 12.9. The third-order valence-corrected chi connectivity index (χ3v) is 5.08. The van der Waals surface area contributed by atoms with Gasteiger partial charge < -0.3 is 9.47 Å². The predicted molar refractivity (Wildman–Crippen MR) is 101 cm³/mol. The van der Waals surface area contributed by atoms with Gasteiger partial charge in [-0.15, -0.1) is 0 Å². The SMILES string of the molecule is CCn1cc(C(=O)N2CCCC(c3nccn3Cc3ccccn3)C2)cn1. The molecule has 27 heavy (non-hydrogen) atoms. The second-order valence-corrected chi connectivity index (χ2v) is 6.91. The van der Waals surface area contributed by atoms with Crippen LogP contribution in [0.4, 0.5) is 0 Å². The summed E-state index contributed by atoms with van der Waals surface area (Å²) in [5.41, 5.74) is 1.67. The summed E-state index contributed by atoms with van der Waals surface area (Å²) in [6, 6.07) is 5.94. The number of rotatable bonds is 5. The zero-order valence-electron chi connectivity index (χ0n) is 15.5. The Kier molecular flexibility index (Phi) is 5.00. The van der Waals surface area contributed by atoms with Crippen LogP contribution in [0.5, 0.6) is 0 Å². The number of nitrogens with zero attached hydrogens (tertiary/aromatic N) is 6. The summed E-state index contributed by atoms with van der Waals surface area (Å²) in [6.45, 7) is 4.95. The van der Waals surface area contributed by atoms with Crippen LogP contribution in [0.2, 0.25) is 0 Å². The van der Waals surface area contributed by atoms with Crippen molar-refractivity contribution in [1.82, 2.24) is 29.2 Å². The van der Waals surface area contributed by atoms with E-state index in [9.17, 15) is 4.79 Å². The number of amides is 1. The number of pyridine rings is 1. The highest BCUT2D eigenvalue weighted by Crippen LogP contribution is 2.27. The molecule has 7 nitrogen and oxygen atoms in total. The lowest BCUT2D eigenvalue weighted by atomic mass is 9.96. The van der Waals surface area contributed by atoms with Crippen LogP contribution in [0, 0.1) is 0 Å². The normalized spacial score (nSPS) is 17.2. The number of carbonyl (C=O) groups is 1. The summed E-state index contributed by atoms with van der Waals surface area (Å²) in [4.78, 5) is 23.8. The van der Waals surface area contributed by atoms with Gasteiger partial charge in [-0.2, -0.15) is 5.10 Å². The molecule has 0 spiro atoms. The summed E-state index contributed by atoms with van der Waals surface area (Å²) in [6.07, 6.45) is 11.2. The summed E-state index contributed by atoms with van der Waals surface area (Å²) in [5, 5.41) is 4.23. The van der Waals surface area contributed by atoms with E-state index in [0.717, 1.165) is 37.4 Å². The second kappa shape index (κ2) is 7.73. The lowest BCUT2D eigenvalue weighted by Crippen LogP contribution is -2.39. The fraction of sp³-hybridized carbons (Fsp3) is 0.400. The average molecular weight is 364 g/mol. The molecule has 0 saturated carbocycles. The summed E-state index contributed by atoms with van der Waals surface area (Å²) < 4.78 is 3.93. The van der Waals surface area contributed by atoms with Crippen molar-refractivity contribution >= 4 is 5.91 Å². The topological polar surface area (TPSA) is 68.8 Å². The third kappa shape index (κ3) is 3.77. The van der Waals surface area contributed by atoms with Gasteiger partial charge in [-0.3, -0.25) is 14.5 Å². The fourth-order valence-corrected chi connectivity index (χ4v) is 3.68. The highest BCUT2D eigenvalue weighted by Gasteiger charge is 2.28. The van der Waals surface area contributed by atoms with Crippen molar-refractivity contribution in [3.05, 3.63) is 66.3 Å². The number of hydrogen-bond acceptors (Lipinski definition) is 4. The van der Waals surface area contributed by atoms with Gasteiger partial charge in [0.2, 0.25) is 0 Å². The van der Waals surface area contributed by atoms with Crippen LogP contribution in [0.15, 0.2) is 49.2 Å². The standard InChI is InChI=1S/C20H24N6O/c1-2-26-14-17(12-23-26)20(27)25-10-5-6-16(13-25)19-22-9-11-24(19)15-18-7-3-4-8-21-18/h3-4,7-9,11-12,14,16H,2,5-6,10,13,15H2,1H3. The smallest absolute Gasteiger partial charge is 0.257 e. The molecule has 0 radical (unpaired) electrons. The molecule has 1 aliphatic heterocycles. The Morgan fingerprint density at radius 2 is 2.19 bits per heavy atom. The van der Waals surface area contributed by atoms with Crippen molar-refractivity contribution in [2.24, 2.45) is 0 Å². The summed E-state index contributed by atoms with van der Waals surface area (Å²) in [7, 11) is 0. The fourth-order valence-electron chi connectivity index (χ4n) is 3.68. The monoisotopic (exact) mass is 364 g/mol. The van der Waals surface area contributed by atoms with E-state index in [1.54, 1.807) is 10.9 Å². The molecule has 1 atom stereocenters. The van der Waals surface area contributed by atoms with E-state index < -0.39 is 0 Å². The van der Waals surface area contributed by atoms with Crippen LogP contribution >= 0.6 is 0 Å². The quantitative estimate of drug-likeness (QED) is 0.698. The van der Waals surface area contributed by atoms with Crippen molar-refractivity contribution in [2.45, 2.75) is 38.8 Å². The average Bonchev–Trinajstić information content (AvgIpc) is 3.38.